The Balaban J connectivity index is 2.05. The maximum absolute atomic E-state index is 10.9. The summed E-state index contributed by atoms with van der Waals surface area (Å²) in [4.78, 5) is 10.9. The molecule has 0 atom stereocenters. The lowest BCUT2D eigenvalue weighted by atomic mass is 10.0. The molecule has 3 heteroatoms. The van der Waals surface area contributed by atoms with E-state index < -0.39 is 5.97 Å². The molecule has 0 heterocycles. The maximum Gasteiger partial charge on any atom is 0.335 e. The van der Waals surface area contributed by atoms with Crippen molar-refractivity contribution in [1.29, 1.82) is 0 Å². The van der Waals surface area contributed by atoms with Gasteiger partial charge in [-0.2, -0.15) is 0 Å². The molecule has 0 bridgehead atoms. The molecule has 0 saturated heterocycles. The van der Waals surface area contributed by atoms with Gasteiger partial charge < -0.3 is 5.11 Å². The second kappa shape index (κ2) is 6.70. The van der Waals surface area contributed by atoms with Crippen LogP contribution in [0.15, 0.2) is 48.5 Å². The number of benzene rings is 2. The molecule has 98 valence electrons. The number of halogens is 1. The molecule has 19 heavy (non-hydrogen) atoms. The van der Waals surface area contributed by atoms with E-state index in [1.807, 2.05) is 6.07 Å². The fourth-order valence-corrected chi connectivity index (χ4v) is 2.49. The number of aromatic carboxylic acids is 1. The van der Waals surface area contributed by atoms with Crippen molar-refractivity contribution in [2.24, 2.45) is 0 Å². The van der Waals surface area contributed by atoms with Gasteiger partial charge in [-0.05, 0) is 41.7 Å². The molecule has 0 aliphatic rings. The van der Waals surface area contributed by atoms with Crippen LogP contribution < -0.4 is 0 Å². The average molecular weight is 366 g/mol. The van der Waals surface area contributed by atoms with Gasteiger partial charge in [0.1, 0.15) is 0 Å². The van der Waals surface area contributed by atoms with Crippen LogP contribution in [0.4, 0.5) is 0 Å². The zero-order valence-corrected chi connectivity index (χ0v) is 12.6. The molecular weight excluding hydrogens is 351 g/mol. The minimum absolute atomic E-state index is 0.360. The molecule has 2 rings (SSSR count). The first kappa shape index (κ1) is 14.1. The van der Waals surface area contributed by atoms with E-state index in [1.54, 1.807) is 18.2 Å². The van der Waals surface area contributed by atoms with Crippen LogP contribution in [0.1, 0.15) is 27.0 Å². The second-order valence-electron chi connectivity index (χ2n) is 4.46. The van der Waals surface area contributed by atoms with E-state index in [9.17, 15) is 4.79 Å². The van der Waals surface area contributed by atoms with Gasteiger partial charge in [-0.1, -0.05) is 59.0 Å². The summed E-state index contributed by atoms with van der Waals surface area (Å²) in [6.45, 7) is 0. The summed E-state index contributed by atoms with van der Waals surface area (Å²) in [6, 6.07) is 15.7. The SMILES string of the molecule is O=C(O)c1cccc(CCc2cccc(CI)c2)c1. The summed E-state index contributed by atoms with van der Waals surface area (Å²) in [5.74, 6) is -0.867. The Morgan fingerprint density at radius 1 is 0.947 bits per heavy atom. The molecule has 0 saturated carbocycles. The Morgan fingerprint density at radius 2 is 1.53 bits per heavy atom. The van der Waals surface area contributed by atoms with Crippen LogP contribution in [0, 0.1) is 0 Å². The van der Waals surface area contributed by atoms with Crippen LogP contribution in [-0.4, -0.2) is 11.1 Å². The first-order chi connectivity index (χ1) is 9.19. The summed E-state index contributed by atoms with van der Waals surface area (Å²) in [5, 5.41) is 8.96. The monoisotopic (exact) mass is 366 g/mol. The van der Waals surface area contributed by atoms with E-state index >= 15 is 0 Å². The number of aryl methyl sites for hydroxylation is 2. The van der Waals surface area contributed by atoms with E-state index in [0.29, 0.717) is 5.56 Å². The van der Waals surface area contributed by atoms with Gasteiger partial charge >= 0.3 is 5.97 Å². The predicted molar refractivity (Wildman–Crippen MR) is 85.0 cm³/mol. The lowest BCUT2D eigenvalue weighted by Gasteiger charge is -2.05. The number of carboxylic acids is 1. The largest absolute Gasteiger partial charge is 0.478 e. The van der Waals surface area contributed by atoms with E-state index in [-0.39, 0.29) is 0 Å². The molecule has 1 N–H and O–H groups in total. The Bertz CT molecular complexity index is 578. The third kappa shape index (κ3) is 4.06. The van der Waals surface area contributed by atoms with Crippen molar-refractivity contribution in [2.75, 3.05) is 0 Å². The first-order valence-corrected chi connectivity index (χ1v) is 7.67. The number of carbonyl (C=O) groups is 1. The van der Waals surface area contributed by atoms with Crippen LogP contribution in [0.2, 0.25) is 0 Å². The van der Waals surface area contributed by atoms with Gasteiger partial charge in [0.05, 0.1) is 5.56 Å². The number of alkyl halides is 1. The van der Waals surface area contributed by atoms with Gasteiger partial charge in [-0.25, -0.2) is 4.79 Å². The molecule has 0 aromatic heterocycles. The Labute approximate surface area is 126 Å². The quantitative estimate of drug-likeness (QED) is 0.639. The van der Waals surface area contributed by atoms with E-state index in [2.05, 4.69) is 46.9 Å². The smallest absolute Gasteiger partial charge is 0.335 e. The Kier molecular flexibility index (Phi) is 4.96. The Morgan fingerprint density at radius 3 is 2.16 bits per heavy atom. The lowest BCUT2D eigenvalue weighted by Crippen LogP contribution is -1.98. The molecule has 0 fully saturated rings. The molecule has 0 spiro atoms. The summed E-state index contributed by atoms with van der Waals surface area (Å²) < 4.78 is 1.01. The van der Waals surface area contributed by atoms with Crippen molar-refractivity contribution in [3.63, 3.8) is 0 Å². The molecule has 0 unspecified atom stereocenters. The fraction of sp³-hybridized carbons (Fsp3) is 0.188. The van der Waals surface area contributed by atoms with Crippen molar-refractivity contribution in [3.05, 3.63) is 70.8 Å². The molecule has 0 aliphatic carbocycles. The average Bonchev–Trinajstić information content (AvgIpc) is 2.45. The van der Waals surface area contributed by atoms with Crippen LogP contribution in [0.5, 0.6) is 0 Å². The number of hydrogen-bond donors (Lipinski definition) is 1. The van der Waals surface area contributed by atoms with Crippen molar-refractivity contribution < 1.29 is 9.90 Å². The molecule has 0 amide bonds. The number of carboxylic acid groups (broad SMARTS) is 1. The van der Waals surface area contributed by atoms with Gasteiger partial charge in [-0.15, -0.1) is 0 Å². The minimum atomic E-state index is -0.867. The molecule has 0 radical (unpaired) electrons. The van der Waals surface area contributed by atoms with E-state index in [4.69, 9.17) is 5.11 Å². The highest BCUT2D eigenvalue weighted by molar-refractivity contribution is 14.1. The van der Waals surface area contributed by atoms with Crippen LogP contribution >= 0.6 is 22.6 Å². The summed E-state index contributed by atoms with van der Waals surface area (Å²) in [6.07, 6.45) is 1.80. The van der Waals surface area contributed by atoms with Gasteiger partial charge in [0.25, 0.3) is 0 Å². The summed E-state index contributed by atoms with van der Waals surface area (Å²) in [5.41, 5.74) is 4.06. The molecule has 2 nitrogen and oxygen atoms in total. The second-order valence-corrected chi connectivity index (χ2v) is 5.22. The van der Waals surface area contributed by atoms with Crippen molar-refractivity contribution in [2.45, 2.75) is 17.3 Å². The third-order valence-corrected chi connectivity index (χ3v) is 3.90. The van der Waals surface area contributed by atoms with Gasteiger partial charge in [-0.3, -0.25) is 0 Å². The van der Waals surface area contributed by atoms with Gasteiger partial charge in [0, 0.05) is 4.43 Å². The third-order valence-electron chi connectivity index (χ3n) is 3.02. The number of rotatable bonds is 5. The van der Waals surface area contributed by atoms with Crippen LogP contribution in [-0.2, 0) is 17.3 Å². The molecular formula is C16H15IO2. The molecule has 2 aromatic rings. The van der Waals surface area contributed by atoms with Crippen LogP contribution in [0.3, 0.4) is 0 Å². The zero-order chi connectivity index (χ0) is 13.7. The summed E-state index contributed by atoms with van der Waals surface area (Å²) >= 11 is 2.36. The topological polar surface area (TPSA) is 37.3 Å². The Hall–Kier alpha value is -1.36. The van der Waals surface area contributed by atoms with Crippen molar-refractivity contribution in [3.8, 4) is 0 Å². The predicted octanol–water partition coefficient (Wildman–Crippen LogP) is 4.11. The standard InChI is InChI=1S/C16H15IO2/c17-11-14-5-1-3-12(9-14)7-8-13-4-2-6-15(10-13)16(18)19/h1-6,9-10H,7-8,11H2,(H,18,19). The lowest BCUT2D eigenvalue weighted by molar-refractivity contribution is 0.0697. The highest BCUT2D eigenvalue weighted by Gasteiger charge is 2.03. The highest BCUT2D eigenvalue weighted by Crippen LogP contribution is 2.13. The first-order valence-electron chi connectivity index (χ1n) is 6.15. The molecule has 2 aromatic carbocycles. The van der Waals surface area contributed by atoms with Crippen molar-refractivity contribution in [1.82, 2.24) is 0 Å². The number of hydrogen-bond acceptors (Lipinski definition) is 1. The van der Waals surface area contributed by atoms with Crippen molar-refractivity contribution >= 4 is 28.6 Å². The van der Waals surface area contributed by atoms with Gasteiger partial charge in [0.15, 0.2) is 0 Å². The minimum Gasteiger partial charge on any atom is -0.478 e. The zero-order valence-electron chi connectivity index (χ0n) is 10.5. The normalized spacial score (nSPS) is 10.4. The van der Waals surface area contributed by atoms with Crippen LogP contribution in [0.25, 0.3) is 0 Å². The van der Waals surface area contributed by atoms with E-state index in [1.165, 1.54) is 11.1 Å². The highest BCUT2D eigenvalue weighted by atomic mass is 127. The van der Waals surface area contributed by atoms with Gasteiger partial charge in [0.2, 0.25) is 0 Å². The maximum atomic E-state index is 10.9. The molecule has 0 aliphatic heterocycles. The van der Waals surface area contributed by atoms with E-state index in [0.717, 1.165) is 22.8 Å². The fourth-order valence-electron chi connectivity index (χ4n) is 2.02. The summed E-state index contributed by atoms with van der Waals surface area (Å²) in [7, 11) is 0.